The molecule has 4 aromatic rings. The van der Waals surface area contributed by atoms with Crippen molar-refractivity contribution in [1.29, 1.82) is 0 Å². The first-order valence-electron chi connectivity index (χ1n) is 15.1. The van der Waals surface area contributed by atoms with Gasteiger partial charge in [0, 0.05) is 49.0 Å². The van der Waals surface area contributed by atoms with Gasteiger partial charge in [-0.15, -0.1) is 0 Å². The summed E-state index contributed by atoms with van der Waals surface area (Å²) in [5.41, 5.74) is 3.19. The lowest BCUT2D eigenvalue weighted by atomic mass is 9.94. The summed E-state index contributed by atoms with van der Waals surface area (Å²) in [6.07, 6.45) is -8.72. The molecule has 3 aliphatic rings. The first kappa shape index (κ1) is 30.5. The number of carbonyl (C=O) groups is 2. The second kappa shape index (κ2) is 10.7. The van der Waals surface area contributed by atoms with Crippen LogP contribution < -0.4 is 0 Å². The molecule has 2 saturated heterocycles. The molecule has 0 spiro atoms. The number of alkyl halides is 6. The average Bonchev–Trinajstić information content (AvgIpc) is 3.77. The van der Waals surface area contributed by atoms with Crippen LogP contribution in [-0.4, -0.2) is 68.3 Å². The van der Waals surface area contributed by atoms with Crippen LogP contribution in [0.2, 0.25) is 0 Å². The molecule has 14 heteroatoms. The summed E-state index contributed by atoms with van der Waals surface area (Å²) >= 11 is 0. The highest BCUT2D eigenvalue weighted by Gasteiger charge is 2.48. The quantitative estimate of drug-likeness (QED) is 0.229. The molecule has 2 aromatic heterocycles. The molecule has 3 aliphatic heterocycles. The summed E-state index contributed by atoms with van der Waals surface area (Å²) in [6, 6.07) is 6.63. The summed E-state index contributed by atoms with van der Waals surface area (Å²) in [7, 11) is 0. The van der Waals surface area contributed by atoms with Crippen LogP contribution in [0.3, 0.4) is 0 Å². The number of nitrogens with zero attached hydrogens (tertiary/aromatic N) is 4. The number of likely N-dealkylation sites (tertiary alicyclic amines) is 2. The van der Waals surface area contributed by atoms with E-state index in [1.54, 1.807) is 12.1 Å². The number of rotatable bonds is 4. The number of carbonyl (C=O) groups excluding carboxylic acids is 2. The summed E-state index contributed by atoms with van der Waals surface area (Å²) in [5, 5.41) is 1.15. The van der Waals surface area contributed by atoms with Crippen molar-refractivity contribution < 1.29 is 44.7 Å². The number of amides is 2. The highest BCUT2D eigenvalue weighted by molar-refractivity contribution is 5.98. The van der Waals surface area contributed by atoms with Gasteiger partial charge in [0.05, 0.1) is 22.4 Å². The molecule has 2 atom stereocenters. The van der Waals surface area contributed by atoms with E-state index in [9.17, 15) is 44.7 Å². The third-order valence-electron chi connectivity index (χ3n) is 9.67. The topological polar surface area (TPSA) is 50.5 Å². The molecule has 46 heavy (non-hydrogen) atoms. The number of aromatic nitrogens is 2. The van der Waals surface area contributed by atoms with E-state index < -0.39 is 47.9 Å². The fraction of sp³-hybridized carbons (Fsp3) is 0.438. The highest BCUT2D eigenvalue weighted by atomic mass is 19.4. The van der Waals surface area contributed by atoms with Gasteiger partial charge in [0.15, 0.2) is 0 Å². The summed E-state index contributed by atoms with van der Waals surface area (Å²) < 4.78 is 114. The van der Waals surface area contributed by atoms with Gasteiger partial charge in [-0.2, -0.15) is 26.3 Å². The Labute approximate surface area is 257 Å². The lowest BCUT2D eigenvalue weighted by Gasteiger charge is -2.28. The van der Waals surface area contributed by atoms with Crippen molar-refractivity contribution in [1.82, 2.24) is 18.9 Å². The van der Waals surface area contributed by atoms with E-state index in [1.807, 2.05) is 9.13 Å². The molecule has 0 unspecified atom stereocenters. The van der Waals surface area contributed by atoms with Crippen molar-refractivity contribution in [3.63, 3.8) is 0 Å². The van der Waals surface area contributed by atoms with Gasteiger partial charge >= 0.3 is 24.2 Å². The van der Waals surface area contributed by atoms with Crippen LogP contribution in [0.4, 0.5) is 35.1 Å². The smallest absolute Gasteiger partial charge is 0.337 e. The normalized spacial score (nSPS) is 20.2. The zero-order valence-electron chi connectivity index (χ0n) is 24.3. The molecule has 244 valence electrons. The van der Waals surface area contributed by atoms with Gasteiger partial charge in [0.25, 0.3) is 0 Å². The maximum atomic E-state index is 14.6. The maximum absolute atomic E-state index is 14.6. The van der Waals surface area contributed by atoms with Crippen molar-refractivity contribution in [3.8, 4) is 11.4 Å². The number of halogens is 8. The molecule has 0 N–H and O–H groups in total. The van der Waals surface area contributed by atoms with Crippen molar-refractivity contribution in [3.05, 3.63) is 59.2 Å². The second-order valence-electron chi connectivity index (χ2n) is 12.3. The fourth-order valence-electron chi connectivity index (χ4n) is 7.84. The van der Waals surface area contributed by atoms with Crippen LogP contribution in [-0.2, 0) is 35.5 Å². The fourth-order valence-corrected chi connectivity index (χ4v) is 7.84. The molecule has 0 radical (unpaired) electrons. The first-order valence-corrected chi connectivity index (χ1v) is 15.1. The number of benzene rings is 2. The average molecular weight is 653 g/mol. The van der Waals surface area contributed by atoms with Crippen LogP contribution >= 0.6 is 0 Å². The van der Waals surface area contributed by atoms with E-state index in [1.165, 1.54) is 24.3 Å². The Morgan fingerprint density at radius 3 is 1.39 bits per heavy atom. The Morgan fingerprint density at radius 2 is 1.02 bits per heavy atom. The second-order valence-corrected chi connectivity index (χ2v) is 12.3. The molecule has 2 aromatic carbocycles. The third kappa shape index (κ3) is 4.91. The van der Waals surface area contributed by atoms with E-state index in [-0.39, 0.29) is 25.9 Å². The summed E-state index contributed by atoms with van der Waals surface area (Å²) in [4.78, 5) is 26.4. The minimum Gasteiger partial charge on any atom is -0.337 e. The van der Waals surface area contributed by atoms with E-state index in [0.29, 0.717) is 83.1 Å². The molecule has 0 bridgehead atoms. The van der Waals surface area contributed by atoms with E-state index in [0.717, 1.165) is 9.80 Å². The van der Waals surface area contributed by atoms with Crippen LogP contribution in [0, 0.1) is 11.6 Å². The van der Waals surface area contributed by atoms with Gasteiger partial charge in [-0.3, -0.25) is 9.59 Å². The molecule has 7 rings (SSSR count). The molecule has 5 heterocycles. The van der Waals surface area contributed by atoms with Crippen LogP contribution in [0.15, 0.2) is 36.4 Å². The molecule has 2 fully saturated rings. The minimum absolute atomic E-state index is 0.0176. The van der Waals surface area contributed by atoms with Gasteiger partial charge < -0.3 is 18.9 Å². The van der Waals surface area contributed by atoms with Gasteiger partial charge in [0.1, 0.15) is 11.6 Å². The predicted molar refractivity (Wildman–Crippen MR) is 152 cm³/mol. The molecule has 0 saturated carbocycles. The van der Waals surface area contributed by atoms with Gasteiger partial charge in [-0.1, -0.05) is 0 Å². The lowest BCUT2D eigenvalue weighted by molar-refractivity contribution is -0.186. The Balaban J connectivity index is 1.42. The zero-order chi connectivity index (χ0) is 32.7. The van der Waals surface area contributed by atoms with Crippen LogP contribution in [0.1, 0.15) is 36.8 Å². The SMILES string of the molecule is O=C(N1CCC[C@H]1Cc1c2n(c3cc(F)ccc13)CCn1c-2c(C[C@@H]2CCCN2C(=O)C(F)(F)F)c2ccc(F)cc21)C(F)(F)F. The minimum atomic E-state index is -5.06. The lowest BCUT2D eigenvalue weighted by Crippen LogP contribution is -2.44. The number of hydrogen-bond acceptors (Lipinski definition) is 2. The number of hydrogen-bond donors (Lipinski definition) is 0. The van der Waals surface area contributed by atoms with Crippen molar-refractivity contribution in [2.45, 2.75) is 76.1 Å². The molecular weight excluding hydrogens is 624 g/mol. The van der Waals surface area contributed by atoms with E-state index in [2.05, 4.69) is 0 Å². The van der Waals surface area contributed by atoms with Crippen molar-refractivity contribution >= 4 is 33.6 Å². The first-order chi connectivity index (χ1) is 21.7. The van der Waals surface area contributed by atoms with Crippen LogP contribution in [0.5, 0.6) is 0 Å². The van der Waals surface area contributed by atoms with Gasteiger partial charge in [0.2, 0.25) is 0 Å². The number of aryl methyl sites for hydroxylation is 2. The highest BCUT2D eigenvalue weighted by Crippen LogP contribution is 2.45. The van der Waals surface area contributed by atoms with Gasteiger partial charge in [-0.25, -0.2) is 8.78 Å². The number of fused-ring (bicyclic) bond motifs is 7. The molecule has 2 amide bonds. The Kier molecular flexibility index (Phi) is 7.13. The Morgan fingerprint density at radius 1 is 0.630 bits per heavy atom. The summed E-state index contributed by atoms with van der Waals surface area (Å²) in [6.45, 7) is 0.474. The van der Waals surface area contributed by atoms with Gasteiger partial charge in [-0.05, 0) is 86.1 Å². The van der Waals surface area contributed by atoms with Crippen LogP contribution in [0.25, 0.3) is 33.2 Å². The standard InChI is InChI=1S/C32H28F8N4O2/c33-17-5-7-21-23(15-19-3-1-9-41(19)29(45)31(35,36)37)27-28-24(16-20-4-2-10-42(20)30(46)32(38,39)40)22-8-6-18(34)14-26(22)44(28)12-11-43(27)25(21)13-17/h5-8,13-14,19-20H,1-4,9-12,15-16H2/t19-,20-/m0/s1. The van der Waals surface area contributed by atoms with Crippen molar-refractivity contribution in [2.75, 3.05) is 13.1 Å². The molecular formula is C32H28F8N4O2. The predicted octanol–water partition coefficient (Wildman–Crippen LogP) is 6.75. The Hall–Kier alpha value is -4.10. The maximum Gasteiger partial charge on any atom is 0.471 e. The summed E-state index contributed by atoms with van der Waals surface area (Å²) in [5.74, 6) is -4.93. The zero-order valence-corrected chi connectivity index (χ0v) is 24.3. The Bertz CT molecular complexity index is 1750. The van der Waals surface area contributed by atoms with E-state index in [4.69, 9.17) is 0 Å². The molecule has 0 aliphatic carbocycles. The third-order valence-corrected chi connectivity index (χ3v) is 9.67. The largest absolute Gasteiger partial charge is 0.471 e. The van der Waals surface area contributed by atoms with E-state index >= 15 is 0 Å². The monoisotopic (exact) mass is 652 g/mol. The van der Waals surface area contributed by atoms with Crippen molar-refractivity contribution in [2.24, 2.45) is 0 Å². The molecule has 6 nitrogen and oxygen atoms in total.